The molecule has 0 N–H and O–H groups in total. The van der Waals surface area contributed by atoms with E-state index in [1.54, 1.807) is 6.26 Å². The number of hydrogen-bond acceptors (Lipinski definition) is 5. The van der Waals surface area contributed by atoms with E-state index >= 15 is 0 Å². The minimum Gasteiger partial charge on any atom is -0.469 e. The standard InChI is InChI=1S/C19H28N2O4/c22-18(13-16-4-2-10-24-16)21-7-6-19(15-21)5-1-3-17(25-19)14-20-8-11-23-12-9-20/h2,4,10,17H,1,3,5-9,11-15H2/t17-,19+/m0/s1. The molecule has 0 aromatic carbocycles. The lowest BCUT2D eigenvalue weighted by atomic mass is 9.90. The molecule has 3 fully saturated rings. The molecule has 3 saturated heterocycles. The summed E-state index contributed by atoms with van der Waals surface area (Å²) in [5, 5.41) is 0. The molecule has 1 aromatic heterocycles. The molecular formula is C19H28N2O4. The number of morpholine rings is 1. The minimum atomic E-state index is -0.131. The van der Waals surface area contributed by atoms with E-state index in [1.807, 2.05) is 17.0 Å². The summed E-state index contributed by atoms with van der Waals surface area (Å²) in [5.74, 6) is 0.881. The molecule has 4 heterocycles. The molecule has 0 aliphatic carbocycles. The van der Waals surface area contributed by atoms with E-state index in [9.17, 15) is 4.79 Å². The van der Waals surface area contributed by atoms with E-state index in [-0.39, 0.29) is 17.6 Å². The van der Waals surface area contributed by atoms with Crippen molar-refractivity contribution in [3.05, 3.63) is 24.2 Å². The molecule has 2 atom stereocenters. The maximum atomic E-state index is 12.5. The summed E-state index contributed by atoms with van der Waals surface area (Å²) < 4.78 is 17.3. The quantitative estimate of drug-likeness (QED) is 0.829. The molecule has 0 radical (unpaired) electrons. The number of carbonyl (C=O) groups excluding carboxylic acids is 1. The van der Waals surface area contributed by atoms with Gasteiger partial charge in [0.15, 0.2) is 0 Å². The lowest BCUT2D eigenvalue weighted by molar-refractivity contribution is -0.142. The van der Waals surface area contributed by atoms with Gasteiger partial charge in [-0.3, -0.25) is 9.69 Å². The molecule has 1 aromatic rings. The molecule has 3 aliphatic rings. The van der Waals surface area contributed by atoms with Gasteiger partial charge in [-0.1, -0.05) is 0 Å². The fraction of sp³-hybridized carbons (Fsp3) is 0.737. The van der Waals surface area contributed by atoms with E-state index < -0.39 is 0 Å². The Hall–Kier alpha value is -1.37. The van der Waals surface area contributed by atoms with Gasteiger partial charge >= 0.3 is 0 Å². The van der Waals surface area contributed by atoms with Crippen molar-refractivity contribution in [1.29, 1.82) is 0 Å². The number of carbonyl (C=O) groups is 1. The lowest BCUT2D eigenvalue weighted by Gasteiger charge is -2.41. The molecule has 25 heavy (non-hydrogen) atoms. The summed E-state index contributed by atoms with van der Waals surface area (Å²) >= 11 is 0. The zero-order chi connectivity index (χ0) is 17.1. The van der Waals surface area contributed by atoms with Crippen LogP contribution >= 0.6 is 0 Å². The van der Waals surface area contributed by atoms with E-state index in [2.05, 4.69) is 4.90 Å². The average molecular weight is 348 g/mol. The predicted molar refractivity (Wildman–Crippen MR) is 92.3 cm³/mol. The fourth-order valence-electron chi connectivity index (χ4n) is 4.36. The lowest BCUT2D eigenvalue weighted by Crippen LogP contribution is -2.49. The van der Waals surface area contributed by atoms with Crippen molar-refractivity contribution in [1.82, 2.24) is 9.80 Å². The summed E-state index contributed by atoms with van der Waals surface area (Å²) in [5.41, 5.74) is -0.131. The van der Waals surface area contributed by atoms with Gasteiger partial charge in [0.25, 0.3) is 0 Å². The summed E-state index contributed by atoms with van der Waals surface area (Å²) in [6.07, 6.45) is 6.59. The smallest absolute Gasteiger partial charge is 0.230 e. The summed E-state index contributed by atoms with van der Waals surface area (Å²) in [6, 6.07) is 3.69. The van der Waals surface area contributed by atoms with Crippen molar-refractivity contribution >= 4 is 5.91 Å². The Morgan fingerprint density at radius 1 is 1.24 bits per heavy atom. The van der Waals surface area contributed by atoms with Crippen LogP contribution in [0.1, 0.15) is 31.4 Å². The highest BCUT2D eigenvalue weighted by molar-refractivity contribution is 5.78. The number of ether oxygens (including phenoxy) is 2. The summed E-state index contributed by atoms with van der Waals surface area (Å²) in [4.78, 5) is 16.9. The van der Waals surface area contributed by atoms with Gasteiger partial charge in [0.1, 0.15) is 5.76 Å². The van der Waals surface area contributed by atoms with Crippen molar-refractivity contribution in [2.45, 2.75) is 43.8 Å². The highest BCUT2D eigenvalue weighted by Crippen LogP contribution is 2.37. The van der Waals surface area contributed by atoms with Crippen LogP contribution in [0.5, 0.6) is 0 Å². The van der Waals surface area contributed by atoms with Gasteiger partial charge in [-0.15, -0.1) is 0 Å². The normalized spacial score (nSPS) is 30.9. The molecule has 138 valence electrons. The van der Waals surface area contributed by atoms with Crippen LogP contribution in [0.25, 0.3) is 0 Å². The third-order valence-corrected chi connectivity index (χ3v) is 5.72. The number of likely N-dealkylation sites (tertiary alicyclic amines) is 1. The average Bonchev–Trinajstić information content (AvgIpc) is 3.26. The second kappa shape index (κ2) is 7.48. The Bertz CT molecular complexity index is 570. The van der Waals surface area contributed by atoms with Gasteiger partial charge in [0.2, 0.25) is 5.91 Å². The minimum absolute atomic E-state index is 0.131. The zero-order valence-electron chi connectivity index (χ0n) is 14.8. The van der Waals surface area contributed by atoms with E-state index in [1.165, 1.54) is 6.42 Å². The molecule has 0 unspecified atom stereocenters. The first kappa shape index (κ1) is 17.1. The Morgan fingerprint density at radius 2 is 2.12 bits per heavy atom. The second-order valence-electron chi connectivity index (χ2n) is 7.55. The Labute approximate surface area is 149 Å². The highest BCUT2D eigenvalue weighted by Gasteiger charge is 2.44. The molecule has 1 spiro atoms. The van der Waals surface area contributed by atoms with Gasteiger partial charge in [0.05, 0.1) is 37.6 Å². The highest BCUT2D eigenvalue weighted by atomic mass is 16.5. The molecule has 6 heteroatoms. The van der Waals surface area contributed by atoms with Gasteiger partial charge in [-0.05, 0) is 37.8 Å². The first-order valence-electron chi connectivity index (χ1n) is 9.51. The Balaban J connectivity index is 1.31. The first-order valence-corrected chi connectivity index (χ1v) is 9.51. The van der Waals surface area contributed by atoms with Crippen LogP contribution in [-0.2, 0) is 20.7 Å². The van der Waals surface area contributed by atoms with Gasteiger partial charge < -0.3 is 18.8 Å². The third-order valence-electron chi connectivity index (χ3n) is 5.72. The Kier molecular flexibility index (Phi) is 5.10. The third kappa shape index (κ3) is 4.07. The van der Waals surface area contributed by atoms with Crippen molar-refractivity contribution in [3.8, 4) is 0 Å². The van der Waals surface area contributed by atoms with Gasteiger partial charge in [-0.2, -0.15) is 0 Å². The van der Waals surface area contributed by atoms with Crippen LogP contribution < -0.4 is 0 Å². The maximum absolute atomic E-state index is 12.5. The van der Waals surface area contributed by atoms with E-state index in [4.69, 9.17) is 13.9 Å². The van der Waals surface area contributed by atoms with E-state index in [0.29, 0.717) is 6.42 Å². The topological polar surface area (TPSA) is 55.2 Å². The fourth-order valence-corrected chi connectivity index (χ4v) is 4.36. The first-order chi connectivity index (χ1) is 12.2. The van der Waals surface area contributed by atoms with Crippen LogP contribution in [0.4, 0.5) is 0 Å². The summed E-state index contributed by atoms with van der Waals surface area (Å²) in [6.45, 7) is 6.17. The summed E-state index contributed by atoms with van der Waals surface area (Å²) in [7, 11) is 0. The second-order valence-corrected chi connectivity index (χ2v) is 7.55. The van der Waals surface area contributed by atoms with E-state index in [0.717, 1.165) is 71.0 Å². The maximum Gasteiger partial charge on any atom is 0.230 e. The number of rotatable bonds is 4. The molecule has 4 rings (SSSR count). The molecule has 1 amide bonds. The number of amides is 1. The van der Waals surface area contributed by atoms with Gasteiger partial charge in [-0.25, -0.2) is 0 Å². The zero-order valence-corrected chi connectivity index (χ0v) is 14.8. The van der Waals surface area contributed by atoms with Crippen LogP contribution in [-0.4, -0.2) is 73.3 Å². The van der Waals surface area contributed by atoms with Crippen LogP contribution in [0.15, 0.2) is 22.8 Å². The molecule has 0 bridgehead atoms. The van der Waals surface area contributed by atoms with Crippen LogP contribution in [0.2, 0.25) is 0 Å². The predicted octanol–water partition coefficient (Wildman–Crippen LogP) is 1.69. The number of furan rings is 1. The SMILES string of the molecule is O=C(Cc1ccco1)N1CC[C@]2(CCC[C@@H](CN3CCOCC3)O2)C1. The van der Waals surface area contributed by atoms with Crippen molar-refractivity contribution < 1.29 is 18.7 Å². The van der Waals surface area contributed by atoms with Crippen LogP contribution in [0, 0.1) is 0 Å². The molecular weight excluding hydrogens is 320 g/mol. The van der Waals surface area contributed by atoms with Crippen molar-refractivity contribution in [2.75, 3.05) is 45.9 Å². The largest absolute Gasteiger partial charge is 0.469 e. The van der Waals surface area contributed by atoms with Crippen molar-refractivity contribution in [2.24, 2.45) is 0 Å². The number of hydrogen-bond donors (Lipinski definition) is 0. The van der Waals surface area contributed by atoms with Crippen LogP contribution in [0.3, 0.4) is 0 Å². The van der Waals surface area contributed by atoms with Crippen molar-refractivity contribution in [3.63, 3.8) is 0 Å². The van der Waals surface area contributed by atoms with Gasteiger partial charge in [0, 0.05) is 32.7 Å². The molecule has 6 nitrogen and oxygen atoms in total. The number of nitrogens with zero attached hydrogens (tertiary/aromatic N) is 2. The molecule has 3 aliphatic heterocycles. The monoisotopic (exact) mass is 348 g/mol. The molecule has 0 saturated carbocycles. The Morgan fingerprint density at radius 3 is 2.92 bits per heavy atom.